The first-order valence-electron chi connectivity index (χ1n) is 9.68. The molecule has 0 spiro atoms. The fourth-order valence-electron chi connectivity index (χ4n) is 3.23. The minimum absolute atomic E-state index is 0.474. The largest absolute Gasteiger partial charge is 0.377 e. The number of hydrogen-bond acceptors (Lipinski definition) is 2. The Morgan fingerprint density at radius 3 is 2.14 bits per heavy atom. The van der Waals surface area contributed by atoms with E-state index in [9.17, 15) is 0 Å². The second kappa shape index (κ2) is 12.5. The van der Waals surface area contributed by atoms with Gasteiger partial charge in [-0.15, -0.1) is 0 Å². The van der Waals surface area contributed by atoms with Crippen molar-refractivity contribution in [1.82, 2.24) is 5.32 Å². The Morgan fingerprint density at radius 2 is 1.57 bits per heavy atom. The molecule has 0 radical (unpaired) electrons. The summed E-state index contributed by atoms with van der Waals surface area (Å²) < 4.78 is 6.07. The second-order valence-corrected chi connectivity index (χ2v) is 6.73. The van der Waals surface area contributed by atoms with Crippen LogP contribution in [0.15, 0.2) is 0 Å². The Hall–Kier alpha value is -0.0800. The topological polar surface area (TPSA) is 21.3 Å². The molecule has 1 rings (SSSR count). The predicted molar refractivity (Wildman–Crippen MR) is 92.8 cm³/mol. The summed E-state index contributed by atoms with van der Waals surface area (Å²) >= 11 is 0. The zero-order valence-electron chi connectivity index (χ0n) is 14.8. The van der Waals surface area contributed by atoms with Gasteiger partial charge < -0.3 is 10.1 Å². The first-order chi connectivity index (χ1) is 10.3. The Balaban J connectivity index is 2.21. The van der Waals surface area contributed by atoms with Crippen molar-refractivity contribution >= 4 is 0 Å². The quantitative estimate of drug-likeness (QED) is 0.414. The maximum atomic E-state index is 6.07. The third-order valence-electron chi connectivity index (χ3n) is 4.62. The summed E-state index contributed by atoms with van der Waals surface area (Å²) in [5, 5.41) is 3.76. The smallest absolute Gasteiger partial charge is 0.0755 e. The van der Waals surface area contributed by atoms with E-state index >= 15 is 0 Å². The summed E-state index contributed by atoms with van der Waals surface area (Å²) in [5.74, 6) is 0.837. The van der Waals surface area contributed by atoms with Gasteiger partial charge in [0.1, 0.15) is 0 Å². The van der Waals surface area contributed by atoms with Crippen LogP contribution in [-0.4, -0.2) is 25.3 Å². The minimum Gasteiger partial charge on any atom is -0.377 e. The molecule has 0 aromatic carbocycles. The van der Waals surface area contributed by atoms with E-state index in [0.717, 1.165) is 19.1 Å². The van der Waals surface area contributed by atoms with Gasteiger partial charge in [0.2, 0.25) is 0 Å². The second-order valence-electron chi connectivity index (χ2n) is 6.73. The molecule has 2 atom stereocenters. The molecule has 1 fully saturated rings. The highest BCUT2D eigenvalue weighted by molar-refractivity contribution is 4.90. The summed E-state index contributed by atoms with van der Waals surface area (Å²) in [4.78, 5) is 0. The van der Waals surface area contributed by atoms with Gasteiger partial charge in [-0.05, 0) is 45.1 Å². The van der Waals surface area contributed by atoms with Gasteiger partial charge in [0, 0.05) is 12.6 Å². The van der Waals surface area contributed by atoms with Crippen molar-refractivity contribution in [3.8, 4) is 0 Å². The molecule has 0 aromatic rings. The van der Waals surface area contributed by atoms with Crippen molar-refractivity contribution in [2.45, 2.75) is 104 Å². The minimum atomic E-state index is 0.474. The lowest BCUT2D eigenvalue weighted by Crippen LogP contribution is -2.43. The highest BCUT2D eigenvalue weighted by atomic mass is 16.5. The molecule has 1 N–H and O–H groups in total. The number of hydrogen-bond donors (Lipinski definition) is 1. The predicted octanol–water partition coefficient (Wildman–Crippen LogP) is 5.31. The van der Waals surface area contributed by atoms with E-state index < -0.39 is 0 Å². The first-order valence-corrected chi connectivity index (χ1v) is 9.68. The Labute approximate surface area is 133 Å². The Morgan fingerprint density at radius 1 is 0.905 bits per heavy atom. The molecule has 2 unspecified atom stereocenters. The summed E-state index contributed by atoms with van der Waals surface area (Å²) in [6.07, 6.45) is 15.6. The van der Waals surface area contributed by atoms with Crippen LogP contribution < -0.4 is 5.32 Å². The molecule has 0 aliphatic heterocycles. The third-order valence-corrected chi connectivity index (χ3v) is 4.62. The summed E-state index contributed by atoms with van der Waals surface area (Å²) in [5.41, 5.74) is 0. The fraction of sp³-hybridized carbons (Fsp3) is 1.00. The van der Waals surface area contributed by atoms with Gasteiger partial charge in [0.05, 0.1) is 6.10 Å². The maximum absolute atomic E-state index is 6.07. The van der Waals surface area contributed by atoms with Crippen molar-refractivity contribution < 1.29 is 4.74 Å². The van der Waals surface area contributed by atoms with E-state index in [0.29, 0.717) is 12.1 Å². The van der Waals surface area contributed by atoms with Gasteiger partial charge in [-0.1, -0.05) is 58.8 Å². The van der Waals surface area contributed by atoms with Gasteiger partial charge in [-0.25, -0.2) is 0 Å². The molecule has 126 valence electrons. The van der Waals surface area contributed by atoms with E-state index in [1.54, 1.807) is 0 Å². The third kappa shape index (κ3) is 8.83. The van der Waals surface area contributed by atoms with Crippen LogP contribution in [0.4, 0.5) is 0 Å². The van der Waals surface area contributed by atoms with Crippen LogP contribution >= 0.6 is 0 Å². The van der Waals surface area contributed by atoms with Crippen LogP contribution in [0, 0.1) is 5.92 Å². The highest BCUT2D eigenvalue weighted by Crippen LogP contribution is 2.36. The van der Waals surface area contributed by atoms with Gasteiger partial charge in [0.15, 0.2) is 0 Å². The van der Waals surface area contributed by atoms with Crippen LogP contribution in [0.25, 0.3) is 0 Å². The molecule has 0 amide bonds. The normalized spacial score (nSPS) is 17.9. The van der Waals surface area contributed by atoms with Crippen molar-refractivity contribution in [2.75, 3.05) is 13.2 Å². The average molecular weight is 298 g/mol. The summed E-state index contributed by atoms with van der Waals surface area (Å²) in [6.45, 7) is 8.68. The van der Waals surface area contributed by atoms with Gasteiger partial charge in [0.25, 0.3) is 0 Å². The molecule has 0 bridgehead atoms. The SMILES string of the molecule is CCCCCCCCCC(NCCC)C(OCC)C1CC1. The van der Waals surface area contributed by atoms with Crippen LogP contribution in [0.1, 0.15) is 91.4 Å². The van der Waals surface area contributed by atoms with Crippen LogP contribution in [0.3, 0.4) is 0 Å². The average Bonchev–Trinajstić information content (AvgIpc) is 3.32. The molecule has 0 heterocycles. The molecule has 1 aliphatic rings. The van der Waals surface area contributed by atoms with E-state index in [1.807, 2.05) is 0 Å². The highest BCUT2D eigenvalue weighted by Gasteiger charge is 2.36. The molecule has 1 aliphatic carbocycles. The van der Waals surface area contributed by atoms with Crippen LogP contribution in [0.5, 0.6) is 0 Å². The summed E-state index contributed by atoms with van der Waals surface area (Å²) in [7, 11) is 0. The monoisotopic (exact) mass is 297 g/mol. The molecular formula is C19H39NO. The van der Waals surface area contributed by atoms with Gasteiger partial charge in [-0.2, -0.15) is 0 Å². The van der Waals surface area contributed by atoms with Crippen molar-refractivity contribution in [2.24, 2.45) is 5.92 Å². The zero-order chi connectivity index (χ0) is 15.3. The lowest BCUT2D eigenvalue weighted by Gasteiger charge is -2.28. The van der Waals surface area contributed by atoms with E-state index in [1.165, 1.54) is 70.6 Å². The Kier molecular flexibility index (Phi) is 11.3. The van der Waals surface area contributed by atoms with Crippen LogP contribution in [-0.2, 0) is 4.74 Å². The lowest BCUT2D eigenvalue weighted by molar-refractivity contribution is 0.0164. The first kappa shape index (κ1) is 19.0. The number of unbranched alkanes of at least 4 members (excludes halogenated alkanes) is 6. The van der Waals surface area contributed by atoms with Crippen molar-refractivity contribution in [3.05, 3.63) is 0 Å². The molecule has 0 aromatic heterocycles. The zero-order valence-corrected chi connectivity index (χ0v) is 14.8. The molecule has 2 heteroatoms. The van der Waals surface area contributed by atoms with E-state index in [4.69, 9.17) is 4.74 Å². The number of nitrogens with one attached hydrogen (secondary N) is 1. The number of rotatable bonds is 15. The van der Waals surface area contributed by atoms with Crippen molar-refractivity contribution in [3.63, 3.8) is 0 Å². The molecule has 21 heavy (non-hydrogen) atoms. The van der Waals surface area contributed by atoms with E-state index in [-0.39, 0.29) is 0 Å². The van der Waals surface area contributed by atoms with Crippen molar-refractivity contribution in [1.29, 1.82) is 0 Å². The summed E-state index contributed by atoms with van der Waals surface area (Å²) in [6, 6.07) is 0.591. The molecule has 0 saturated heterocycles. The lowest BCUT2D eigenvalue weighted by atomic mass is 9.98. The maximum Gasteiger partial charge on any atom is 0.0755 e. The molecule has 1 saturated carbocycles. The molecular weight excluding hydrogens is 258 g/mol. The standard InChI is InChI=1S/C19H39NO/c1-4-7-8-9-10-11-12-13-18(20-16-5-2)19(21-6-3)17-14-15-17/h17-20H,4-16H2,1-3H3. The Bertz CT molecular complexity index is 228. The van der Waals surface area contributed by atoms with Gasteiger partial charge >= 0.3 is 0 Å². The number of ether oxygens (including phenoxy) is 1. The molecule has 2 nitrogen and oxygen atoms in total. The van der Waals surface area contributed by atoms with Gasteiger partial charge in [-0.3, -0.25) is 0 Å². The fourth-order valence-corrected chi connectivity index (χ4v) is 3.23. The van der Waals surface area contributed by atoms with E-state index in [2.05, 4.69) is 26.1 Å². The van der Waals surface area contributed by atoms with Crippen LogP contribution in [0.2, 0.25) is 0 Å².